The number of nitrogens with one attached hydrogen (secondary N) is 1. The maximum absolute atomic E-state index is 12.4. The minimum atomic E-state index is -3.48. The van der Waals surface area contributed by atoms with E-state index in [-0.39, 0.29) is 10.8 Å². The fourth-order valence-corrected chi connectivity index (χ4v) is 4.01. The van der Waals surface area contributed by atoms with Crippen LogP contribution < -0.4 is 5.32 Å². The van der Waals surface area contributed by atoms with Crippen molar-refractivity contribution in [3.63, 3.8) is 0 Å². The Labute approximate surface area is 159 Å². The third kappa shape index (κ3) is 4.94. The summed E-state index contributed by atoms with van der Waals surface area (Å²) in [7, 11) is -3.48. The molecule has 0 spiro atoms. The zero-order valence-corrected chi connectivity index (χ0v) is 16.2. The van der Waals surface area contributed by atoms with E-state index in [1.165, 1.54) is 10.4 Å². The minimum Gasteiger partial charge on any atom is -0.321 e. The molecule has 0 fully saturated rings. The predicted octanol–water partition coefficient (Wildman–Crippen LogP) is 4.02. The molecule has 0 unspecified atom stereocenters. The van der Waals surface area contributed by atoms with E-state index in [1.807, 2.05) is 0 Å². The highest BCUT2D eigenvalue weighted by molar-refractivity contribution is 7.89. The number of para-hydroxylation sites is 1. The average Bonchev–Trinajstić information content (AvgIpc) is 2.63. The van der Waals surface area contributed by atoms with Crippen molar-refractivity contribution in [2.45, 2.75) is 18.7 Å². The first kappa shape index (κ1) is 20.2. The summed E-state index contributed by atoms with van der Waals surface area (Å²) in [4.78, 5) is 12.2. The Bertz CT molecular complexity index is 889. The summed E-state index contributed by atoms with van der Waals surface area (Å²) in [5, 5.41) is 3.14. The van der Waals surface area contributed by atoms with Crippen LogP contribution in [0.15, 0.2) is 59.5 Å². The van der Waals surface area contributed by atoms with Gasteiger partial charge in [-0.3, -0.25) is 4.79 Å². The van der Waals surface area contributed by atoms with Crippen LogP contribution in [0.1, 0.15) is 19.4 Å². The number of benzene rings is 2. The molecular weight excluding hydrogens is 372 g/mol. The number of sulfonamides is 1. The molecule has 0 aliphatic rings. The van der Waals surface area contributed by atoms with Crippen molar-refractivity contribution in [2.75, 3.05) is 18.4 Å². The largest absolute Gasteiger partial charge is 0.321 e. The number of hydrogen-bond acceptors (Lipinski definition) is 3. The van der Waals surface area contributed by atoms with E-state index < -0.39 is 10.0 Å². The van der Waals surface area contributed by atoms with Crippen molar-refractivity contribution in [1.82, 2.24) is 4.31 Å². The van der Waals surface area contributed by atoms with Gasteiger partial charge in [0.15, 0.2) is 0 Å². The fraction of sp³-hybridized carbons (Fsp3) is 0.211. The van der Waals surface area contributed by atoms with Crippen LogP contribution in [-0.2, 0) is 14.8 Å². The maximum Gasteiger partial charge on any atom is 0.248 e. The molecule has 2 aromatic carbocycles. The van der Waals surface area contributed by atoms with Crippen LogP contribution in [0.5, 0.6) is 0 Å². The molecule has 2 aromatic rings. The van der Waals surface area contributed by atoms with Gasteiger partial charge in [-0.2, -0.15) is 4.31 Å². The third-order valence-corrected chi connectivity index (χ3v) is 6.18. The third-order valence-electron chi connectivity index (χ3n) is 3.78. The molecular formula is C19H21ClN2O3S. The molecule has 0 saturated carbocycles. The summed E-state index contributed by atoms with van der Waals surface area (Å²) >= 11 is 6.00. The molecule has 0 aliphatic carbocycles. The Morgan fingerprint density at radius 3 is 2.27 bits per heavy atom. The van der Waals surface area contributed by atoms with Crippen molar-refractivity contribution < 1.29 is 13.2 Å². The van der Waals surface area contributed by atoms with Crippen molar-refractivity contribution in [3.05, 3.63) is 65.2 Å². The Morgan fingerprint density at radius 2 is 1.69 bits per heavy atom. The lowest BCUT2D eigenvalue weighted by molar-refractivity contribution is -0.111. The smallest absolute Gasteiger partial charge is 0.248 e. The molecule has 0 heterocycles. The second-order valence-corrected chi connectivity index (χ2v) is 7.81. The molecule has 0 saturated heterocycles. The van der Waals surface area contributed by atoms with Gasteiger partial charge in [0.05, 0.1) is 15.6 Å². The van der Waals surface area contributed by atoms with Crippen LogP contribution in [0.4, 0.5) is 5.69 Å². The Kier molecular flexibility index (Phi) is 6.97. The number of rotatable bonds is 7. The molecule has 0 aromatic heterocycles. The lowest BCUT2D eigenvalue weighted by Crippen LogP contribution is -2.30. The molecule has 5 nitrogen and oxygen atoms in total. The SMILES string of the molecule is CCN(CC)S(=O)(=O)c1ccc(/C=C/C(=O)Nc2ccccc2Cl)cc1. The van der Waals surface area contributed by atoms with E-state index >= 15 is 0 Å². The van der Waals surface area contributed by atoms with Crippen molar-refractivity contribution >= 4 is 39.3 Å². The molecule has 1 amide bonds. The van der Waals surface area contributed by atoms with Crippen LogP contribution in [-0.4, -0.2) is 31.7 Å². The number of carbonyl (C=O) groups is 1. The van der Waals surface area contributed by atoms with Gasteiger partial charge < -0.3 is 5.32 Å². The van der Waals surface area contributed by atoms with Crippen LogP contribution in [0.3, 0.4) is 0 Å². The summed E-state index contributed by atoms with van der Waals surface area (Å²) in [6, 6.07) is 13.4. The van der Waals surface area contributed by atoms with Crippen LogP contribution in [0.2, 0.25) is 5.02 Å². The van der Waals surface area contributed by atoms with E-state index in [0.717, 1.165) is 5.56 Å². The number of nitrogens with zero attached hydrogens (tertiary/aromatic N) is 1. The van der Waals surface area contributed by atoms with Crippen molar-refractivity contribution in [1.29, 1.82) is 0 Å². The van der Waals surface area contributed by atoms with Gasteiger partial charge in [0.25, 0.3) is 0 Å². The highest BCUT2D eigenvalue weighted by Crippen LogP contribution is 2.20. The maximum atomic E-state index is 12.4. The van der Waals surface area contributed by atoms with Gasteiger partial charge in [0, 0.05) is 19.2 Å². The lowest BCUT2D eigenvalue weighted by Gasteiger charge is -2.18. The van der Waals surface area contributed by atoms with E-state index in [0.29, 0.717) is 23.8 Å². The van der Waals surface area contributed by atoms with Gasteiger partial charge in [0.1, 0.15) is 0 Å². The van der Waals surface area contributed by atoms with Crippen molar-refractivity contribution in [3.8, 4) is 0 Å². The summed E-state index contributed by atoms with van der Waals surface area (Å²) in [5.41, 5.74) is 1.25. The molecule has 0 aliphatic heterocycles. The Hall–Kier alpha value is -2.15. The van der Waals surface area contributed by atoms with E-state index in [9.17, 15) is 13.2 Å². The van der Waals surface area contributed by atoms with E-state index in [2.05, 4.69) is 5.32 Å². The van der Waals surface area contributed by atoms with Gasteiger partial charge in [0.2, 0.25) is 15.9 Å². The monoisotopic (exact) mass is 392 g/mol. The zero-order chi connectivity index (χ0) is 19.2. The van der Waals surface area contributed by atoms with Gasteiger partial charge in [-0.25, -0.2) is 8.42 Å². The topological polar surface area (TPSA) is 66.5 Å². The van der Waals surface area contributed by atoms with E-state index in [1.54, 1.807) is 68.5 Å². The summed E-state index contributed by atoms with van der Waals surface area (Å²) in [6.07, 6.45) is 2.98. The highest BCUT2D eigenvalue weighted by atomic mass is 35.5. The first-order valence-corrected chi connectivity index (χ1v) is 10.0. The Morgan fingerprint density at radius 1 is 1.08 bits per heavy atom. The summed E-state index contributed by atoms with van der Waals surface area (Å²) in [5.74, 6) is -0.321. The number of carbonyl (C=O) groups excluding carboxylic acids is 1. The number of anilines is 1. The molecule has 26 heavy (non-hydrogen) atoms. The Balaban J connectivity index is 2.08. The number of amides is 1. The summed E-state index contributed by atoms with van der Waals surface area (Å²) in [6.45, 7) is 4.44. The standard InChI is InChI=1S/C19H21ClN2O3S/c1-3-22(4-2)26(24,25)16-12-9-15(10-13-16)11-14-19(23)21-18-8-6-5-7-17(18)20/h5-14H,3-4H2,1-2H3,(H,21,23)/b14-11+. The average molecular weight is 393 g/mol. The lowest BCUT2D eigenvalue weighted by atomic mass is 10.2. The first-order chi connectivity index (χ1) is 12.4. The van der Waals surface area contributed by atoms with Crippen molar-refractivity contribution in [2.24, 2.45) is 0 Å². The van der Waals surface area contributed by atoms with Gasteiger partial charge in [-0.15, -0.1) is 0 Å². The summed E-state index contributed by atoms with van der Waals surface area (Å²) < 4.78 is 26.3. The predicted molar refractivity (Wildman–Crippen MR) is 106 cm³/mol. The second kappa shape index (κ2) is 8.98. The molecule has 0 atom stereocenters. The van der Waals surface area contributed by atoms with Gasteiger partial charge in [-0.05, 0) is 35.9 Å². The quantitative estimate of drug-likeness (QED) is 0.723. The highest BCUT2D eigenvalue weighted by Gasteiger charge is 2.20. The fourth-order valence-electron chi connectivity index (χ4n) is 2.37. The molecule has 1 N–H and O–H groups in total. The van der Waals surface area contributed by atoms with Gasteiger partial charge >= 0.3 is 0 Å². The second-order valence-electron chi connectivity index (χ2n) is 5.46. The van der Waals surface area contributed by atoms with Crippen LogP contribution in [0, 0.1) is 0 Å². The molecule has 138 valence electrons. The molecule has 0 radical (unpaired) electrons. The molecule has 2 rings (SSSR count). The van der Waals surface area contributed by atoms with Crippen LogP contribution >= 0.6 is 11.6 Å². The van der Waals surface area contributed by atoms with Gasteiger partial charge in [-0.1, -0.05) is 49.7 Å². The first-order valence-electron chi connectivity index (χ1n) is 8.22. The zero-order valence-electron chi connectivity index (χ0n) is 14.6. The molecule has 0 bridgehead atoms. The normalized spacial score (nSPS) is 11.8. The minimum absolute atomic E-state index is 0.235. The van der Waals surface area contributed by atoms with E-state index in [4.69, 9.17) is 11.6 Å². The number of hydrogen-bond donors (Lipinski definition) is 1. The van der Waals surface area contributed by atoms with Crippen LogP contribution in [0.25, 0.3) is 6.08 Å². The number of halogens is 1. The molecule has 7 heteroatoms.